The smallest absolute Gasteiger partial charge is 0.417 e. The number of alkyl halides is 3. The Balaban J connectivity index is 1.54. The van der Waals surface area contributed by atoms with Crippen molar-refractivity contribution in [3.05, 3.63) is 48.2 Å². The lowest BCUT2D eigenvalue weighted by atomic mass is 9.83. The summed E-state index contributed by atoms with van der Waals surface area (Å²) in [6.07, 6.45) is -2.93. The van der Waals surface area contributed by atoms with Gasteiger partial charge in [-0.15, -0.1) is 0 Å². The van der Waals surface area contributed by atoms with Gasteiger partial charge in [-0.2, -0.15) is 17.5 Å². The number of benzene rings is 1. The Bertz CT molecular complexity index is 996. The molecule has 4 rings (SSSR count). The maximum absolute atomic E-state index is 13.1. The number of methoxy groups -OCH3 is 1. The summed E-state index contributed by atoms with van der Waals surface area (Å²) in [5, 5.41) is 0. The molecule has 3 heterocycles. The van der Waals surface area contributed by atoms with Gasteiger partial charge in [0.25, 0.3) is 0 Å². The van der Waals surface area contributed by atoms with E-state index in [0.29, 0.717) is 31.2 Å². The number of anilines is 1. The molecule has 6 nitrogen and oxygen atoms in total. The Morgan fingerprint density at radius 3 is 2.55 bits per heavy atom. The fourth-order valence-electron chi connectivity index (χ4n) is 3.94. The molecule has 2 aliphatic heterocycles. The summed E-state index contributed by atoms with van der Waals surface area (Å²) in [5.74, 6) is 1.00. The molecule has 2 saturated heterocycles. The quantitative estimate of drug-likeness (QED) is 0.751. The third kappa shape index (κ3) is 3.55. The van der Waals surface area contributed by atoms with Crippen molar-refractivity contribution in [3.63, 3.8) is 0 Å². The molecule has 0 saturated carbocycles. The van der Waals surface area contributed by atoms with E-state index in [9.17, 15) is 21.6 Å². The van der Waals surface area contributed by atoms with Crippen molar-refractivity contribution in [2.24, 2.45) is 5.92 Å². The molecule has 0 spiro atoms. The van der Waals surface area contributed by atoms with E-state index >= 15 is 0 Å². The van der Waals surface area contributed by atoms with Crippen LogP contribution in [0.4, 0.5) is 19.0 Å². The monoisotopic (exact) mass is 427 g/mol. The molecular formula is C19H20F3N3O3S. The molecule has 2 aliphatic rings. The SMILES string of the molecule is COc1ccccc1S(=O)(=O)N1CCC2CN(c3ccc(C(F)(F)F)cn3)C2C1. The number of nitrogens with zero attached hydrogens (tertiary/aromatic N) is 3. The molecule has 1 aromatic carbocycles. The highest BCUT2D eigenvalue weighted by Crippen LogP contribution is 2.39. The summed E-state index contributed by atoms with van der Waals surface area (Å²) in [7, 11) is -2.33. The van der Waals surface area contributed by atoms with Gasteiger partial charge in [0.15, 0.2) is 0 Å². The first-order chi connectivity index (χ1) is 13.7. The van der Waals surface area contributed by atoms with Gasteiger partial charge in [-0.05, 0) is 36.6 Å². The fourth-order valence-corrected chi connectivity index (χ4v) is 5.57. The standard InChI is InChI=1S/C19H20F3N3O3S/c1-28-16-4-2-3-5-17(16)29(26,27)24-9-8-13-11-25(15(13)12-24)18-7-6-14(10-23-18)19(20,21)22/h2-7,10,13,15H,8-9,11-12H2,1H3. The summed E-state index contributed by atoms with van der Waals surface area (Å²) in [6, 6.07) is 8.68. The molecule has 0 N–H and O–H groups in total. The first-order valence-electron chi connectivity index (χ1n) is 9.15. The third-order valence-electron chi connectivity index (χ3n) is 5.57. The first kappa shape index (κ1) is 20.0. The Kier molecular flexibility index (Phi) is 4.94. The molecule has 156 valence electrons. The minimum absolute atomic E-state index is 0.111. The summed E-state index contributed by atoms with van der Waals surface area (Å²) >= 11 is 0. The van der Waals surface area contributed by atoms with Crippen LogP contribution in [0, 0.1) is 5.92 Å². The molecular weight excluding hydrogens is 407 g/mol. The zero-order valence-corrected chi connectivity index (χ0v) is 16.4. The van der Waals surface area contributed by atoms with Gasteiger partial charge in [-0.3, -0.25) is 0 Å². The van der Waals surface area contributed by atoms with Crippen LogP contribution in [0.15, 0.2) is 47.5 Å². The van der Waals surface area contributed by atoms with E-state index in [-0.39, 0.29) is 23.2 Å². The van der Waals surface area contributed by atoms with Crippen LogP contribution >= 0.6 is 0 Å². The van der Waals surface area contributed by atoms with E-state index in [1.165, 1.54) is 23.5 Å². The van der Waals surface area contributed by atoms with Gasteiger partial charge < -0.3 is 9.64 Å². The van der Waals surface area contributed by atoms with Crippen LogP contribution in [0.5, 0.6) is 5.75 Å². The number of sulfonamides is 1. The van der Waals surface area contributed by atoms with Gasteiger partial charge in [0.05, 0.1) is 12.7 Å². The number of hydrogen-bond donors (Lipinski definition) is 0. The minimum atomic E-state index is -4.44. The van der Waals surface area contributed by atoms with E-state index in [1.54, 1.807) is 18.2 Å². The molecule has 0 bridgehead atoms. The topological polar surface area (TPSA) is 62.7 Å². The number of ether oxygens (including phenoxy) is 1. The van der Waals surface area contributed by atoms with Crippen LogP contribution in [0.3, 0.4) is 0 Å². The van der Waals surface area contributed by atoms with Gasteiger partial charge in [0, 0.05) is 31.9 Å². The number of rotatable bonds is 4. The van der Waals surface area contributed by atoms with Crippen LogP contribution in [0.2, 0.25) is 0 Å². The minimum Gasteiger partial charge on any atom is -0.495 e. The highest BCUT2D eigenvalue weighted by molar-refractivity contribution is 7.89. The average molecular weight is 427 g/mol. The molecule has 2 aromatic rings. The second-order valence-corrected chi connectivity index (χ2v) is 9.09. The first-order valence-corrected chi connectivity index (χ1v) is 10.6. The zero-order chi connectivity index (χ0) is 20.8. The zero-order valence-electron chi connectivity index (χ0n) is 15.6. The highest BCUT2D eigenvalue weighted by Gasteiger charge is 2.46. The second-order valence-electron chi connectivity index (χ2n) is 7.19. The lowest BCUT2D eigenvalue weighted by Gasteiger charge is -2.53. The summed E-state index contributed by atoms with van der Waals surface area (Å²) in [4.78, 5) is 5.93. The van der Waals surface area contributed by atoms with E-state index in [4.69, 9.17) is 4.74 Å². The third-order valence-corrected chi connectivity index (χ3v) is 7.48. The van der Waals surface area contributed by atoms with E-state index in [1.807, 2.05) is 4.90 Å². The predicted molar refractivity (Wildman–Crippen MR) is 100 cm³/mol. The van der Waals surface area contributed by atoms with Crippen molar-refractivity contribution >= 4 is 15.8 Å². The molecule has 2 unspecified atom stereocenters. The summed E-state index contributed by atoms with van der Waals surface area (Å²) in [6.45, 7) is 1.31. The lowest BCUT2D eigenvalue weighted by Crippen LogP contribution is -2.65. The Labute approximate surface area is 167 Å². The second kappa shape index (κ2) is 7.17. The van der Waals surface area contributed by atoms with Gasteiger partial charge in [-0.1, -0.05) is 12.1 Å². The number of aromatic nitrogens is 1. The van der Waals surface area contributed by atoms with Gasteiger partial charge >= 0.3 is 6.18 Å². The summed E-state index contributed by atoms with van der Waals surface area (Å²) < 4.78 is 71.1. The number of pyridine rings is 1. The van der Waals surface area contributed by atoms with Crippen LogP contribution in [0.25, 0.3) is 0 Å². The Hall–Kier alpha value is -2.33. The van der Waals surface area contributed by atoms with Crippen LogP contribution in [-0.4, -0.2) is 50.5 Å². The predicted octanol–water partition coefficient (Wildman–Crippen LogP) is 3.01. The molecule has 1 aromatic heterocycles. The van der Waals surface area contributed by atoms with Crippen molar-refractivity contribution < 1.29 is 26.3 Å². The molecule has 2 fully saturated rings. The van der Waals surface area contributed by atoms with E-state index in [0.717, 1.165) is 12.3 Å². The Morgan fingerprint density at radius 2 is 1.90 bits per heavy atom. The lowest BCUT2D eigenvalue weighted by molar-refractivity contribution is -0.137. The molecule has 0 aliphatic carbocycles. The fraction of sp³-hybridized carbons (Fsp3) is 0.421. The number of halogens is 3. The molecule has 10 heteroatoms. The van der Waals surface area contributed by atoms with E-state index < -0.39 is 21.8 Å². The van der Waals surface area contributed by atoms with Crippen molar-refractivity contribution in [1.29, 1.82) is 0 Å². The molecule has 0 radical (unpaired) electrons. The summed E-state index contributed by atoms with van der Waals surface area (Å²) in [5.41, 5.74) is -0.803. The molecule has 2 atom stereocenters. The largest absolute Gasteiger partial charge is 0.495 e. The van der Waals surface area contributed by atoms with Crippen LogP contribution < -0.4 is 9.64 Å². The van der Waals surface area contributed by atoms with Crippen LogP contribution in [0.1, 0.15) is 12.0 Å². The number of fused-ring (bicyclic) bond motifs is 1. The Morgan fingerprint density at radius 1 is 1.14 bits per heavy atom. The molecule has 0 amide bonds. The molecule has 29 heavy (non-hydrogen) atoms. The van der Waals surface area contributed by atoms with Crippen molar-refractivity contribution in [2.75, 3.05) is 31.6 Å². The van der Waals surface area contributed by atoms with Crippen molar-refractivity contribution in [3.8, 4) is 5.75 Å². The van der Waals surface area contributed by atoms with Crippen molar-refractivity contribution in [2.45, 2.75) is 23.5 Å². The maximum atomic E-state index is 13.1. The van der Waals surface area contributed by atoms with Gasteiger partial charge in [0.2, 0.25) is 10.0 Å². The normalized spacial score (nSPS) is 22.7. The number of piperidine rings is 1. The van der Waals surface area contributed by atoms with Gasteiger partial charge in [-0.25, -0.2) is 13.4 Å². The van der Waals surface area contributed by atoms with Crippen molar-refractivity contribution in [1.82, 2.24) is 9.29 Å². The average Bonchev–Trinajstić information content (AvgIpc) is 2.68. The highest BCUT2D eigenvalue weighted by atomic mass is 32.2. The number of hydrogen-bond acceptors (Lipinski definition) is 5. The van der Waals surface area contributed by atoms with Crippen LogP contribution in [-0.2, 0) is 16.2 Å². The number of para-hydroxylation sites is 1. The maximum Gasteiger partial charge on any atom is 0.417 e. The van der Waals surface area contributed by atoms with Gasteiger partial charge in [0.1, 0.15) is 16.5 Å². The van der Waals surface area contributed by atoms with E-state index in [2.05, 4.69) is 4.98 Å².